The van der Waals surface area contributed by atoms with Crippen molar-refractivity contribution in [3.63, 3.8) is 0 Å². The molecule has 1 heterocycles. The van der Waals surface area contributed by atoms with Crippen LogP contribution in [0.15, 0.2) is 24.3 Å². The van der Waals surface area contributed by atoms with E-state index >= 15 is 0 Å². The van der Waals surface area contributed by atoms with Crippen LogP contribution in [-0.4, -0.2) is 35.8 Å². The normalized spacial score (nSPS) is 20.5. The van der Waals surface area contributed by atoms with Crippen LogP contribution in [0.25, 0.3) is 0 Å². The SMILES string of the molecule is Cc1ccc([C@]2(C)NC(=O)N(CC(=O)NCCC(C)C)C2=O)cc1. The molecular weight excluding hydrogens is 306 g/mol. The fourth-order valence-electron chi connectivity index (χ4n) is 2.62. The van der Waals surface area contributed by atoms with Crippen molar-refractivity contribution in [2.24, 2.45) is 5.92 Å². The predicted molar refractivity (Wildman–Crippen MR) is 91.2 cm³/mol. The first kappa shape index (κ1) is 18.0. The minimum absolute atomic E-state index is 0.260. The summed E-state index contributed by atoms with van der Waals surface area (Å²) in [5, 5.41) is 5.45. The van der Waals surface area contributed by atoms with Gasteiger partial charge in [0, 0.05) is 6.54 Å². The molecule has 6 nitrogen and oxygen atoms in total. The van der Waals surface area contributed by atoms with Gasteiger partial charge in [-0.25, -0.2) is 4.79 Å². The van der Waals surface area contributed by atoms with E-state index in [1.807, 2.05) is 31.2 Å². The fourth-order valence-corrected chi connectivity index (χ4v) is 2.62. The van der Waals surface area contributed by atoms with E-state index in [4.69, 9.17) is 0 Å². The van der Waals surface area contributed by atoms with E-state index in [0.29, 0.717) is 18.0 Å². The summed E-state index contributed by atoms with van der Waals surface area (Å²) in [5.41, 5.74) is 0.637. The topological polar surface area (TPSA) is 78.5 Å². The van der Waals surface area contributed by atoms with E-state index < -0.39 is 17.5 Å². The Hall–Kier alpha value is -2.37. The van der Waals surface area contributed by atoms with Gasteiger partial charge in [-0.2, -0.15) is 0 Å². The maximum atomic E-state index is 12.7. The second kappa shape index (κ2) is 7.03. The third kappa shape index (κ3) is 3.75. The fraction of sp³-hybridized carbons (Fsp3) is 0.500. The summed E-state index contributed by atoms with van der Waals surface area (Å²) in [6.45, 7) is 8.02. The van der Waals surface area contributed by atoms with Gasteiger partial charge in [-0.15, -0.1) is 0 Å². The van der Waals surface area contributed by atoms with Crippen LogP contribution in [0.5, 0.6) is 0 Å². The summed E-state index contributed by atoms with van der Waals surface area (Å²) in [6.07, 6.45) is 0.854. The molecule has 4 amide bonds. The van der Waals surface area contributed by atoms with Crippen molar-refractivity contribution in [1.82, 2.24) is 15.5 Å². The smallest absolute Gasteiger partial charge is 0.325 e. The summed E-state index contributed by atoms with van der Waals surface area (Å²) >= 11 is 0. The molecule has 1 aliphatic rings. The standard InChI is InChI=1S/C18H25N3O3/c1-12(2)9-10-19-15(22)11-21-16(23)18(4,20-17(21)24)14-7-5-13(3)6-8-14/h5-8,12H,9-11H2,1-4H3,(H,19,22)(H,20,24)/t18-/m0/s1. The monoisotopic (exact) mass is 331 g/mol. The predicted octanol–water partition coefficient (Wildman–Crippen LogP) is 1.92. The van der Waals surface area contributed by atoms with Crippen LogP contribution in [0, 0.1) is 12.8 Å². The average molecular weight is 331 g/mol. The molecule has 130 valence electrons. The number of carbonyl (C=O) groups excluding carboxylic acids is 3. The lowest BCUT2D eigenvalue weighted by Gasteiger charge is -2.22. The van der Waals surface area contributed by atoms with Crippen LogP contribution in [0.3, 0.4) is 0 Å². The third-order valence-electron chi connectivity index (χ3n) is 4.25. The summed E-state index contributed by atoms with van der Waals surface area (Å²) < 4.78 is 0. The first-order valence-electron chi connectivity index (χ1n) is 8.22. The number of carbonyl (C=O) groups is 3. The Kier molecular flexibility index (Phi) is 5.26. The van der Waals surface area contributed by atoms with Gasteiger partial charge in [-0.1, -0.05) is 43.7 Å². The second-order valence-corrected chi connectivity index (χ2v) is 6.84. The Labute approximate surface area is 142 Å². The molecule has 1 aromatic rings. The molecule has 1 aromatic carbocycles. The van der Waals surface area contributed by atoms with Gasteiger partial charge in [0.25, 0.3) is 5.91 Å². The highest BCUT2D eigenvalue weighted by Crippen LogP contribution is 2.28. The number of hydrogen-bond donors (Lipinski definition) is 2. The van der Waals surface area contributed by atoms with E-state index in [2.05, 4.69) is 24.5 Å². The van der Waals surface area contributed by atoms with Crippen molar-refractivity contribution < 1.29 is 14.4 Å². The molecule has 1 saturated heterocycles. The number of amides is 4. The average Bonchev–Trinajstić information content (AvgIpc) is 2.72. The molecule has 0 unspecified atom stereocenters. The molecule has 0 radical (unpaired) electrons. The molecule has 2 N–H and O–H groups in total. The molecule has 0 spiro atoms. The summed E-state index contributed by atoms with van der Waals surface area (Å²) in [4.78, 5) is 37.8. The Balaban J connectivity index is 2.05. The number of nitrogens with zero attached hydrogens (tertiary/aromatic N) is 1. The van der Waals surface area contributed by atoms with Crippen molar-refractivity contribution in [3.05, 3.63) is 35.4 Å². The lowest BCUT2D eigenvalue weighted by Crippen LogP contribution is -2.43. The number of imide groups is 1. The maximum Gasteiger partial charge on any atom is 0.325 e. The van der Waals surface area contributed by atoms with Crippen molar-refractivity contribution in [3.8, 4) is 0 Å². The van der Waals surface area contributed by atoms with Gasteiger partial charge in [0.2, 0.25) is 5.91 Å². The maximum absolute atomic E-state index is 12.7. The molecule has 2 rings (SSSR count). The Morgan fingerprint density at radius 1 is 1.25 bits per heavy atom. The number of rotatable bonds is 6. The highest BCUT2D eigenvalue weighted by Gasteiger charge is 2.49. The van der Waals surface area contributed by atoms with Gasteiger partial charge in [-0.3, -0.25) is 14.5 Å². The minimum Gasteiger partial charge on any atom is -0.355 e. The van der Waals surface area contributed by atoms with Crippen molar-refractivity contribution in [1.29, 1.82) is 0 Å². The molecule has 0 saturated carbocycles. The molecule has 0 bridgehead atoms. The lowest BCUT2D eigenvalue weighted by atomic mass is 9.91. The molecule has 6 heteroatoms. The van der Waals surface area contributed by atoms with Gasteiger partial charge in [-0.05, 0) is 31.7 Å². The summed E-state index contributed by atoms with van der Waals surface area (Å²) in [7, 11) is 0. The third-order valence-corrected chi connectivity index (χ3v) is 4.25. The van der Waals surface area contributed by atoms with E-state index in [1.54, 1.807) is 6.92 Å². The van der Waals surface area contributed by atoms with Gasteiger partial charge >= 0.3 is 6.03 Å². The van der Waals surface area contributed by atoms with Crippen LogP contribution < -0.4 is 10.6 Å². The van der Waals surface area contributed by atoms with Crippen LogP contribution in [-0.2, 0) is 15.1 Å². The molecule has 1 fully saturated rings. The number of benzene rings is 1. The molecule has 1 aliphatic heterocycles. The minimum atomic E-state index is -1.14. The molecule has 0 aliphatic carbocycles. The molecular formula is C18H25N3O3. The quantitative estimate of drug-likeness (QED) is 0.782. The molecule has 1 atom stereocenters. The number of hydrogen-bond acceptors (Lipinski definition) is 3. The Morgan fingerprint density at radius 2 is 1.88 bits per heavy atom. The second-order valence-electron chi connectivity index (χ2n) is 6.84. The number of urea groups is 1. The van der Waals surface area contributed by atoms with Gasteiger partial charge in [0.1, 0.15) is 12.1 Å². The van der Waals surface area contributed by atoms with Crippen LogP contribution >= 0.6 is 0 Å². The van der Waals surface area contributed by atoms with Crippen molar-refractivity contribution in [2.45, 2.75) is 39.7 Å². The molecule has 0 aromatic heterocycles. The first-order chi connectivity index (χ1) is 11.2. The lowest BCUT2D eigenvalue weighted by molar-refractivity contribution is -0.134. The highest BCUT2D eigenvalue weighted by atomic mass is 16.2. The highest BCUT2D eigenvalue weighted by molar-refractivity contribution is 6.09. The van der Waals surface area contributed by atoms with Crippen LogP contribution in [0.4, 0.5) is 4.79 Å². The van der Waals surface area contributed by atoms with E-state index in [1.165, 1.54) is 0 Å². The molecule has 24 heavy (non-hydrogen) atoms. The van der Waals surface area contributed by atoms with E-state index in [-0.39, 0.29) is 12.5 Å². The van der Waals surface area contributed by atoms with Gasteiger partial charge < -0.3 is 10.6 Å². The largest absolute Gasteiger partial charge is 0.355 e. The van der Waals surface area contributed by atoms with E-state index in [9.17, 15) is 14.4 Å². The van der Waals surface area contributed by atoms with Gasteiger partial charge in [0.15, 0.2) is 0 Å². The van der Waals surface area contributed by atoms with Crippen LogP contribution in [0.2, 0.25) is 0 Å². The zero-order valence-corrected chi connectivity index (χ0v) is 14.7. The number of aryl methyl sites for hydroxylation is 1. The Bertz CT molecular complexity index is 639. The number of nitrogens with one attached hydrogen (secondary N) is 2. The zero-order chi connectivity index (χ0) is 17.9. The zero-order valence-electron chi connectivity index (χ0n) is 14.7. The van der Waals surface area contributed by atoms with Crippen molar-refractivity contribution in [2.75, 3.05) is 13.1 Å². The first-order valence-corrected chi connectivity index (χ1v) is 8.22. The summed E-state index contributed by atoms with van der Waals surface area (Å²) in [6, 6.07) is 6.88. The van der Waals surface area contributed by atoms with Crippen LogP contribution in [0.1, 0.15) is 38.3 Å². The van der Waals surface area contributed by atoms with Gasteiger partial charge in [0.05, 0.1) is 0 Å². The summed E-state index contributed by atoms with van der Waals surface area (Å²) in [5.74, 6) is -0.255. The van der Waals surface area contributed by atoms with E-state index in [0.717, 1.165) is 16.9 Å². The Morgan fingerprint density at radius 3 is 2.46 bits per heavy atom. The van der Waals surface area contributed by atoms with Crippen molar-refractivity contribution >= 4 is 17.8 Å².